The Hall–Kier alpha value is -1.37. The Labute approximate surface area is 96.9 Å². The summed E-state index contributed by atoms with van der Waals surface area (Å²) in [6, 6.07) is 9.76. The van der Waals surface area contributed by atoms with E-state index in [1.165, 1.54) is 0 Å². The van der Waals surface area contributed by atoms with E-state index in [9.17, 15) is 0 Å². The summed E-state index contributed by atoms with van der Waals surface area (Å²) in [6.07, 6.45) is 0. The van der Waals surface area contributed by atoms with E-state index in [1.807, 2.05) is 32.2 Å². The molecule has 1 aromatic carbocycles. The maximum Gasteiger partial charge on any atom is 0.0991 e. The highest BCUT2D eigenvalue weighted by atomic mass is 16.3. The summed E-state index contributed by atoms with van der Waals surface area (Å²) in [6.45, 7) is 3.89. The first kappa shape index (κ1) is 12.7. The summed E-state index contributed by atoms with van der Waals surface area (Å²) < 4.78 is 0. The van der Waals surface area contributed by atoms with E-state index >= 15 is 0 Å². The standard InChI is InChI=1S/C13H18N2O/c1-11(10-16)8-15(2)9-13-5-3-4-12(6-13)7-14/h3-6,11,16H,8-10H2,1-2H3. The van der Waals surface area contributed by atoms with E-state index < -0.39 is 0 Å². The predicted octanol–water partition coefficient (Wildman–Crippen LogP) is 1.62. The van der Waals surface area contributed by atoms with Crippen molar-refractivity contribution >= 4 is 0 Å². The van der Waals surface area contributed by atoms with Crippen LogP contribution in [0.15, 0.2) is 24.3 Å². The zero-order valence-corrected chi connectivity index (χ0v) is 9.85. The van der Waals surface area contributed by atoms with Crippen molar-refractivity contribution in [3.63, 3.8) is 0 Å². The molecule has 0 saturated heterocycles. The molecule has 0 saturated carbocycles. The van der Waals surface area contributed by atoms with Crippen LogP contribution in [0.1, 0.15) is 18.1 Å². The molecule has 0 heterocycles. The van der Waals surface area contributed by atoms with Crippen molar-refractivity contribution < 1.29 is 5.11 Å². The van der Waals surface area contributed by atoms with Crippen LogP contribution in [-0.4, -0.2) is 30.2 Å². The van der Waals surface area contributed by atoms with Crippen LogP contribution in [-0.2, 0) is 6.54 Å². The lowest BCUT2D eigenvalue weighted by Crippen LogP contribution is -2.25. The van der Waals surface area contributed by atoms with Gasteiger partial charge in [-0.15, -0.1) is 0 Å². The normalized spacial score (nSPS) is 12.4. The molecule has 0 aliphatic carbocycles. The number of nitrogens with zero attached hydrogens (tertiary/aromatic N) is 2. The van der Waals surface area contributed by atoms with Crippen molar-refractivity contribution in [1.29, 1.82) is 5.26 Å². The van der Waals surface area contributed by atoms with Crippen LogP contribution in [0.3, 0.4) is 0 Å². The average Bonchev–Trinajstić information content (AvgIpc) is 2.28. The van der Waals surface area contributed by atoms with E-state index in [0.717, 1.165) is 18.7 Å². The highest BCUT2D eigenvalue weighted by Gasteiger charge is 2.06. The monoisotopic (exact) mass is 218 g/mol. The van der Waals surface area contributed by atoms with Gasteiger partial charge in [-0.3, -0.25) is 0 Å². The van der Waals surface area contributed by atoms with Gasteiger partial charge in [-0.25, -0.2) is 0 Å². The first-order valence-corrected chi connectivity index (χ1v) is 5.44. The molecule has 0 aliphatic heterocycles. The van der Waals surface area contributed by atoms with Crippen LogP contribution < -0.4 is 0 Å². The SMILES string of the molecule is CC(CO)CN(C)Cc1cccc(C#N)c1. The Morgan fingerprint density at radius 3 is 2.88 bits per heavy atom. The Morgan fingerprint density at radius 2 is 2.25 bits per heavy atom. The third-order valence-electron chi connectivity index (χ3n) is 2.44. The molecule has 0 aliphatic rings. The second kappa shape index (κ2) is 6.26. The molecule has 1 rings (SSSR count). The average molecular weight is 218 g/mol. The zero-order chi connectivity index (χ0) is 12.0. The Bertz CT molecular complexity index is 370. The van der Waals surface area contributed by atoms with Crippen molar-refractivity contribution in [2.45, 2.75) is 13.5 Å². The molecule has 1 aromatic rings. The number of nitriles is 1. The summed E-state index contributed by atoms with van der Waals surface area (Å²) in [5.41, 5.74) is 1.83. The van der Waals surface area contributed by atoms with Crippen molar-refractivity contribution in [2.75, 3.05) is 20.2 Å². The number of aliphatic hydroxyl groups excluding tert-OH is 1. The molecule has 1 N–H and O–H groups in total. The summed E-state index contributed by atoms with van der Waals surface area (Å²) >= 11 is 0. The van der Waals surface area contributed by atoms with Gasteiger partial charge in [0.25, 0.3) is 0 Å². The van der Waals surface area contributed by atoms with Crippen molar-refractivity contribution in [3.05, 3.63) is 35.4 Å². The smallest absolute Gasteiger partial charge is 0.0991 e. The zero-order valence-electron chi connectivity index (χ0n) is 9.85. The molecular formula is C13H18N2O. The molecule has 0 bridgehead atoms. The molecule has 16 heavy (non-hydrogen) atoms. The van der Waals surface area contributed by atoms with Gasteiger partial charge in [0.05, 0.1) is 11.6 Å². The van der Waals surface area contributed by atoms with E-state index in [1.54, 1.807) is 6.07 Å². The van der Waals surface area contributed by atoms with E-state index in [-0.39, 0.29) is 12.5 Å². The quantitative estimate of drug-likeness (QED) is 0.817. The lowest BCUT2D eigenvalue weighted by Gasteiger charge is -2.20. The molecule has 0 spiro atoms. The van der Waals surface area contributed by atoms with Gasteiger partial charge in [-0.1, -0.05) is 19.1 Å². The summed E-state index contributed by atoms with van der Waals surface area (Å²) in [5, 5.41) is 17.7. The van der Waals surface area contributed by atoms with Crippen LogP contribution in [0.4, 0.5) is 0 Å². The third-order valence-corrected chi connectivity index (χ3v) is 2.44. The van der Waals surface area contributed by atoms with Crippen molar-refractivity contribution in [2.24, 2.45) is 5.92 Å². The van der Waals surface area contributed by atoms with Gasteiger partial charge in [-0.2, -0.15) is 5.26 Å². The van der Waals surface area contributed by atoms with Crippen LogP contribution >= 0.6 is 0 Å². The molecule has 86 valence electrons. The second-order valence-electron chi connectivity index (χ2n) is 4.30. The highest BCUT2D eigenvalue weighted by molar-refractivity contribution is 5.32. The third kappa shape index (κ3) is 4.01. The van der Waals surface area contributed by atoms with E-state index in [2.05, 4.69) is 11.0 Å². The molecule has 0 amide bonds. The minimum absolute atomic E-state index is 0.211. The van der Waals surface area contributed by atoms with Crippen molar-refractivity contribution in [1.82, 2.24) is 4.90 Å². The van der Waals surface area contributed by atoms with Crippen LogP contribution in [0.2, 0.25) is 0 Å². The first-order valence-electron chi connectivity index (χ1n) is 5.44. The minimum Gasteiger partial charge on any atom is -0.396 e. The molecule has 1 atom stereocenters. The van der Waals surface area contributed by atoms with Gasteiger partial charge in [0.15, 0.2) is 0 Å². The highest BCUT2D eigenvalue weighted by Crippen LogP contribution is 2.08. The predicted molar refractivity (Wildman–Crippen MR) is 63.7 cm³/mol. The summed E-state index contributed by atoms with van der Waals surface area (Å²) in [5.74, 6) is 0.282. The first-order chi connectivity index (χ1) is 7.65. The number of rotatable bonds is 5. The Kier molecular flexibility index (Phi) is 4.97. The van der Waals surface area contributed by atoms with E-state index in [4.69, 9.17) is 10.4 Å². The molecular weight excluding hydrogens is 200 g/mol. The number of hydrogen-bond donors (Lipinski definition) is 1. The fourth-order valence-corrected chi connectivity index (χ4v) is 1.71. The van der Waals surface area contributed by atoms with Gasteiger partial charge >= 0.3 is 0 Å². The van der Waals surface area contributed by atoms with Crippen molar-refractivity contribution in [3.8, 4) is 6.07 Å². The van der Waals surface area contributed by atoms with Crippen LogP contribution in [0.5, 0.6) is 0 Å². The second-order valence-corrected chi connectivity index (χ2v) is 4.30. The maximum absolute atomic E-state index is 8.96. The van der Waals surface area contributed by atoms with Crippen LogP contribution in [0, 0.1) is 17.2 Å². The topological polar surface area (TPSA) is 47.3 Å². The van der Waals surface area contributed by atoms with Gasteiger partial charge in [0, 0.05) is 19.7 Å². The maximum atomic E-state index is 8.96. The van der Waals surface area contributed by atoms with Gasteiger partial charge in [0.1, 0.15) is 0 Å². The Balaban J connectivity index is 2.56. The molecule has 3 nitrogen and oxygen atoms in total. The summed E-state index contributed by atoms with van der Waals surface area (Å²) in [7, 11) is 2.02. The molecule has 0 fully saturated rings. The fourth-order valence-electron chi connectivity index (χ4n) is 1.71. The number of aliphatic hydroxyl groups is 1. The molecule has 3 heteroatoms. The largest absolute Gasteiger partial charge is 0.396 e. The number of benzene rings is 1. The van der Waals surface area contributed by atoms with Crippen LogP contribution in [0.25, 0.3) is 0 Å². The Morgan fingerprint density at radius 1 is 1.50 bits per heavy atom. The molecule has 0 aromatic heterocycles. The minimum atomic E-state index is 0.211. The molecule has 0 radical (unpaired) electrons. The number of hydrogen-bond acceptors (Lipinski definition) is 3. The molecule has 1 unspecified atom stereocenters. The van der Waals surface area contributed by atoms with Gasteiger partial charge in [-0.05, 0) is 30.7 Å². The van der Waals surface area contributed by atoms with E-state index in [0.29, 0.717) is 5.56 Å². The van der Waals surface area contributed by atoms with Gasteiger partial charge < -0.3 is 10.0 Å². The lowest BCUT2D eigenvalue weighted by molar-refractivity contribution is 0.188. The summed E-state index contributed by atoms with van der Waals surface area (Å²) in [4.78, 5) is 2.15. The fraction of sp³-hybridized carbons (Fsp3) is 0.462. The van der Waals surface area contributed by atoms with Gasteiger partial charge in [0.2, 0.25) is 0 Å². The lowest BCUT2D eigenvalue weighted by atomic mass is 10.1.